The van der Waals surface area contributed by atoms with Gasteiger partial charge in [-0.05, 0) is 71.4 Å². The van der Waals surface area contributed by atoms with E-state index in [1.54, 1.807) is 0 Å². The molecule has 2 aliphatic rings. The lowest BCUT2D eigenvalue weighted by Crippen LogP contribution is -2.44. The summed E-state index contributed by atoms with van der Waals surface area (Å²) in [5.74, 6) is -0.0580. The van der Waals surface area contributed by atoms with Gasteiger partial charge in [0, 0.05) is 0 Å². The zero-order valence-electron chi connectivity index (χ0n) is 14.9. The molecule has 0 aromatic rings. The Morgan fingerprint density at radius 3 is 2.23 bits per heavy atom. The van der Waals surface area contributed by atoms with Gasteiger partial charge in [-0.1, -0.05) is 13.8 Å². The van der Waals surface area contributed by atoms with E-state index >= 15 is 0 Å². The van der Waals surface area contributed by atoms with Crippen LogP contribution in [0.1, 0.15) is 66.7 Å². The van der Waals surface area contributed by atoms with E-state index in [-0.39, 0.29) is 23.4 Å². The molecule has 0 bridgehead atoms. The summed E-state index contributed by atoms with van der Waals surface area (Å²) in [5.41, 5.74) is -0.465. The second-order valence-electron chi connectivity index (χ2n) is 8.56. The summed E-state index contributed by atoms with van der Waals surface area (Å²) in [6, 6.07) is 0. The summed E-state index contributed by atoms with van der Waals surface area (Å²) in [6.07, 6.45) is 5.67. The summed E-state index contributed by atoms with van der Waals surface area (Å²) in [7, 11) is 0. The van der Waals surface area contributed by atoms with Crippen LogP contribution < -0.4 is 5.32 Å². The maximum absolute atomic E-state index is 12.5. The van der Waals surface area contributed by atoms with Crippen molar-refractivity contribution in [2.45, 2.75) is 84.5 Å². The van der Waals surface area contributed by atoms with Gasteiger partial charge < -0.3 is 14.8 Å². The summed E-state index contributed by atoms with van der Waals surface area (Å²) >= 11 is 0. The summed E-state index contributed by atoms with van der Waals surface area (Å²) in [4.78, 5) is 12.5. The van der Waals surface area contributed by atoms with Crippen LogP contribution in [0.2, 0.25) is 0 Å². The average molecular weight is 311 g/mol. The molecule has 2 atom stereocenters. The highest BCUT2D eigenvalue weighted by molar-refractivity contribution is 5.74. The zero-order valence-corrected chi connectivity index (χ0v) is 14.9. The molecule has 0 amide bonds. The van der Waals surface area contributed by atoms with Gasteiger partial charge in [0.1, 0.15) is 5.60 Å². The summed E-state index contributed by atoms with van der Waals surface area (Å²) < 4.78 is 11.9. The molecule has 128 valence electrons. The van der Waals surface area contributed by atoms with E-state index in [9.17, 15) is 4.79 Å². The van der Waals surface area contributed by atoms with Gasteiger partial charge in [0.25, 0.3) is 0 Å². The highest BCUT2D eigenvalue weighted by Gasteiger charge is 2.43. The van der Waals surface area contributed by atoms with Crippen LogP contribution in [0.25, 0.3) is 0 Å². The van der Waals surface area contributed by atoms with E-state index in [1.807, 2.05) is 20.8 Å². The summed E-state index contributed by atoms with van der Waals surface area (Å²) in [5, 5.41) is 3.37. The van der Waals surface area contributed by atoms with Crippen LogP contribution in [0.15, 0.2) is 0 Å². The first-order valence-electron chi connectivity index (χ1n) is 8.76. The summed E-state index contributed by atoms with van der Waals surface area (Å²) in [6.45, 7) is 12.3. The van der Waals surface area contributed by atoms with Gasteiger partial charge in [-0.25, -0.2) is 0 Å². The van der Waals surface area contributed by atoms with Crippen LogP contribution in [-0.2, 0) is 14.3 Å². The van der Waals surface area contributed by atoms with E-state index in [0.29, 0.717) is 6.10 Å². The van der Waals surface area contributed by atoms with Gasteiger partial charge in [0.2, 0.25) is 0 Å². The number of piperidine rings is 1. The van der Waals surface area contributed by atoms with Crippen LogP contribution in [0, 0.1) is 11.3 Å². The lowest BCUT2D eigenvalue weighted by atomic mass is 9.67. The molecule has 1 N–H and O–H groups in total. The van der Waals surface area contributed by atoms with Crippen LogP contribution in [0.4, 0.5) is 0 Å². The van der Waals surface area contributed by atoms with E-state index in [4.69, 9.17) is 9.47 Å². The van der Waals surface area contributed by atoms with Crippen molar-refractivity contribution in [1.29, 1.82) is 0 Å². The van der Waals surface area contributed by atoms with E-state index in [0.717, 1.165) is 45.2 Å². The van der Waals surface area contributed by atoms with Crippen molar-refractivity contribution in [3.8, 4) is 0 Å². The topological polar surface area (TPSA) is 47.6 Å². The average Bonchev–Trinajstić information content (AvgIpc) is 2.36. The molecule has 1 heterocycles. The molecule has 1 aliphatic heterocycles. The largest absolute Gasteiger partial charge is 0.460 e. The Morgan fingerprint density at radius 2 is 1.68 bits per heavy atom. The molecule has 0 radical (unpaired) electrons. The molecule has 0 aromatic carbocycles. The number of carbonyl (C=O) groups excluding carboxylic acids is 1. The minimum atomic E-state index is -0.407. The first-order valence-corrected chi connectivity index (χ1v) is 8.76. The van der Waals surface area contributed by atoms with Crippen molar-refractivity contribution < 1.29 is 14.3 Å². The van der Waals surface area contributed by atoms with Crippen molar-refractivity contribution >= 4 is 5.97 Å². The minimum Gasteiger partial charge on any atom is -0.460 e. The molecular weight excluding hydrogens is 278 g/mol. The normalized spacial score (nSPS) is 30.0. The minimum absolute atomic E-state index is 0.0143. The van der Waals surface area contributed by atoms with Crippen molar-refractivity contribution in [2.24, 2.45) is 11.3 Å². The highest BCUT2D eigenvalue weighted by Crippen LogP contribution is 2.43. The molecule has 1 saturated carbocycles. The van der Waals surface area contributed by atoms with Crippen molar-refractivity contribution in [2.75, 3.05) is 13.1 Å². The highest BCUT2D eigenvalue weighted by atomic mass is 16.6. The van der Waals surface area contributed by atoms with Crippen molar-refractivity contribution in [3.63, 3.8) is 0 Å². The predicted octanol–water partition coefficient (Wildman–Crippen LogP) is 3.29. The number of ether oxygens (including phenoxy) is 2. The molecule has 2 rings (SSSR count). The molecule has 22 heavy (non-hydrogen) atoms. The molecule has 2 fully saturated rings. The lowest BCUT2D eigenvalue weighted by Gasteiger charge is -2.42. The molecule has 4 heteroatoms. The van der Waals surface area contributed by atoms with Gasteiger partial charge in [-0.15, -0.1) is 0 Å². The molecule has 1 saturated heterocycles. The third kappa shape index (κ3) is 4.95. The molecular formula is C18H33NO3. The van der Waals surface area contributed by atoms with E-state index in [2.05, 4.69) is 19.2 Å². The SMILES string of the molecule is CC(C)(C)OC(=O)C1CCC(OC2CCNCC2)CC1(C)C. The fourth-order valence-corrected chi connectivity index (χ4v) is 3.70. The van der Waals surface area contributed by atoms with Gasteiger partial charge in [-0.2, -0.15) is 0 Å². The van der Waals surface area contributed by atoms with Gasteiger partial charge in [0.15, 0.2) is 0 Å². The maximum Gasteiger partial charge on any atom is 0.309 e. The first-order chi connectivity index (χ1) is 10.2. The second-order valence-corrected chi connectivity index (χ2v) is 8.56. The fraction of sp³-hybridized carbons (Fsp3) is 0.944. The Morgan fingerprint density at radius 1 is 1.05 bits per heavy atom. The number of carbonyl (C=O) groups is 1. The third-order valence-corrected chi connectivity index (χ3v) is 4.84. The molecule has 4 nitrogen and oxygen atoms in total. The Hall–Kier alpha value is -0.610. The van der Waals surface area contributed by atoms with E-state index < -0.39 is 5.60 Å². The Balaban J connectivity index is 1.89. The van der Waals surface area contributed by atoms with Crippen molar-refractivity contribution in [1.82, 2.24) is 5.32 Å². The molecule has 2 unspecified atom stereocenters. The number of nitrogens with one attached hydrogen (secondary N) is 1. The number of hydrogen-bond acceptors (Lipinski definition) is 4. The van der Waals surface area contributed by atoms with Gasteiger partial charge in [-0.3, -0.25) is 4.79 Å². The quantitative estimate of drug-likeness (QED) is 0.813. The zero-order chi connectivity index (χ0) is 16.4. The third-order valence-electron chi connectivity index (χ3n) is 4.84. The molecule has 0 aromatic heterocycles. The molecule has 1 aliphatic carbocycles. The van der Waals surface area contributed by atoms with Crippen LogP contribution >= 0.6 is 0 Å². The Bertz CT molecular complexity index is 380. The monoisotopic (exact) mass is 311 g/mol. The number of rotatable bonds is 3. The van der Waals surface area contributed by atoms with Gasteiger partial charge >= 0.3 is 5.97 Å². The smallest absolute Gasteiger partial charge is 0.309 e. The fourth-order valence-electron chi connectivity index (χ4n) is 3.70. The Labute approximate surface area is 135 Å². The van der Waals surface area contributed by atoms with E-state index in [1.165, 1.54) is 0 Å². The maximum atomic E-state index is 12.5. The van der Waals surface area contributed by atoms with Gasteiger partial charge in [0.05, 0.1) is 18.1 Å². The van der Waals surface area contributed by atoms with Crippen LogP contribution in [0.5, 0.6) is 0 Å². The lowest BCUT2D eigenvalue weighted by molar-refractivity contribution is -0.169. The Kier molecular flexibility index (Phi) is 5.54. The van der Waals surface area contributed by atoms with Crippen molar-refractivity contribution in [3.05, 3.63) is 0 Å². The standard InChI is InChI=1S/C18H33NO3/c1-17(2,3)22-16(20)15-7-6-14(12-18(15,4)5)21-13-8-10-19-11-9-13/h13-15,19H,6-12H2,1-5H3. The van der Waals surface area contributed by atoms with Crippen LogP contribution in [0.3, 0.4) is 0 Å². The predicted molar refractivity (Wildman–Crippen MR) is 87.7 cm³/mol. The number of esters is 1. The number of hydrogen-bond donors (Lipinski definition) is 1. The van der Waals surface area contributed by atoms with Crippen LogP contribution in [-0.4, -0.2) is 36.9 Å². The second kappa shape index (κ2) is 6.88. The molecule has 0 spiro atoms. The first kappa shape index (κ1) is 17.7.